The summed E-state index contributed by atoms with van der Waals surface area (Å²) in [6, 6.07) is 3.60. The van der Waals surface area contributed by atoms with Crippen LogP contribution in [0, 0.1) is 5.41 Å². The maximum atomic E-state index is 12.0. The summed E-state index contributed by atoms with van der Waals surface area (Å²) < 4.78 is 0. The molecular weight excluding hydrogens is 214 g/mol. The summed E-state index contributed by atoms with van der Waals surface area (Å²) in [4.78, 5) is 15.9. The molecule has 0 bridgehead atoms. The highest BCUT2D eigenvalue weighted by molar-refractivity contribution is 5.81. The van der Waals surface area contributed by atoms with E-state index in [4.69, 9.17) is 11.5 Å². The maximum Gasteiger partial charge on any atom is 0.137 e. The van der Waals surface area contributed by atoms with E-state index >= 15 is 0 Å². The average molecular weight is 233 g/mol. The fourth-order valence-electron chi connectivity index (χ4n) is 2.44. The first-order valence-electron chi connectivity index (χ1n) is 6.06. The van der Waals surface area contributed by atoms with Gasteiger partial charge in [-0.15, -0.1) is 0 Å². The number of nitrogen functional groups attached to an aromatic ring is 1. The number of aromatic nitrogens is 1. The number of Topliss-reactive ketones (excluding diaryl/α,β-unsaturated/α-hetero) is 1. The van der Waals surface area contributed by atoms with E-state index in [-0.39, 0.29) is 11.2 Å². The van der Waals surface area contributed by atoms with E-state index in [1.54, 1.807) is 12.3 Å². The lowest BCUT2D eigenvalue weighted by Crippen LogP contribution is -2.39. The van der Waals surface area contributed by atoms with Gasteiger partial charge in [-0.25, -0.2) is 4.98 Å². The second-order valence-corrected chi connectivity index (χ2v) is 5.04. The van der Waals surface area contributed by atoms with Crippen molar-refractivity contribution in [1.82, 2.24) is 4.98 Å². The lowest BCUT2D eigenvalue weighted by molar-refractivity contribution is -0.122. The summed E-state index contributed by atoms with van der Waals surface area (Å²) in [5.74, 6) is 0.716. The molecular formula is C13H19N3O. The topological polar surface area (TPSA) is 82.0 Å². The van der Waals surface area contributed by atoms with Crippen molar-refractivity contribution in [2.45, 2.75) is 32.1 Å². The number of carbonyl (C=O) groups is 1. The minimum Gasteiger partial charge on any atom is -0.384 e. The van der Waals surface area contributed by atoms with Crippen LogP contribution in [0.2, 0.25) is 0 Å². The van der Waals surface area contributed by atoms with Gasteiger partial charge in [-0.2, -0.15) is 0 Å². The lowest BCUT2D eigenvalue weighted by Gasteiger charge is -2.40. The van der Waals surface area contributed by atoms with E-state index in [2.05, 4.69) is 4.98 Å². The van der Waals surface area contributed by atoms with Crippen LogP contribution < -0.4 is 11.5 Å². The predicted molar refractivity (Wildman–Crippen MR) is 67.3 cm³/mol. The molecule has 1 aliphatic rings. The summed E-state index contributed by atoms with van der Waals surface area (Å²) in [5.41, 5.74) is 12.4. The third kappa shape index (κ3) is 2.82. The van der Waals surface area contributed by atoms with Gasteiger partial charge in [-0.05, 0) is 42.5 Å². The molecule has 0 saturated heterocycles. The average Bonchev–Trinajstić information content (AvgIpc) is 2.23. The molecule has 17 heavy (non-hydrogen) atoms. The third-order valence-corrected chi connectivity index (χ3v) is 3.67. The monoisotopic (exact) mass is 233 g/mol. The number of hydrogen-bond donors (Lipinski definition) is 2. The van der Waals surface area contributed by atoms with Crippen LogP contribution in [0.1, 0.15) is 31.2 Å². The third-order valence-electron chi connectivity index (χ3n) is 3.67. The van der Waals surface area contributed by atoms with Crippen LogP contribution in [0.4, 0.5) is 5.82 Å². The molecule has 2 rings (SSSR count). The van der Waals surface area contributed by atoms with Crippen LogP contribution in [0.5, 0.6) is 0 Å². The Hall–Kier alpha value is -1.42. The van der Waals surface area contributed by atoms with Crippen molar-refractivity contribution in [3.63, 3.8) is 0 Å². The largest absolute Gasteiger partial charge is 0.384 e. The summed E-state index contributed by atoms with van der Waals surface area (Å²) in [5, 5.41) is 0. The van der Waals surface area contributed by atoms with Crippen molar-refractivity contribution in [3.8, 4) is 0 Å². The SMILES string of the molecule is NCC1(CC(=O)Cc2ccnc(N)c2)CCC1. The van der Waals surface area contributed by atoms with Gasteiger partial charge in [0.2, 0.25) is 0 Å². The van der Waals surface area contributed by atoms with Crippen molar-refractivity contribution in [2.75, 3.05) is 12.3 Å². The second kappa shape index (κ2) is 4.84. The zero-order valence-electron chi connectivity index (χ0n) is 9.98. The molecule has 0 radical (unpaired) electrons. The molecule has 1 saturated carbocycles. The number of nitrogens with zero attached hydrogens (tertiary/aromatic N) is 1. The van der Waals surface area contributed by atoms with Gasteiger partial charge in [0.15, 0.2) is 0 Å². The van der Waals surface area contributed by atoms with E-state index < -0.39 is 0 Å². The molecule has 0 atom stereocenters. The number of pyridine rings is 1. The first-order valence-corrected chi connectivity index (χ1v) is 6.06. The predicted octanol–water partition coefficient (Wildman–Crippen LogP) is 1.29. The zero-order chi connectivity index (χ0) is 12.3. The first kappa shape index (κ1) is 12.0. The van der Waals surface area contributed by atoms with Gasteiger partial charge in [0.1, 0.15) is 11.6 Å². The second-order valence-electron chi connectivity index (χ2n) is 5.04. The number of carbonyl (C=O) groups excluding carboxylic acids is 1. The van der Waals surface area contributed by atoms with E-state index in [1.807, 2.05) is 6.07 Å². The number of hydrogen-bond acceptors (Lipinski definition) is 4. The lowest BCUT2D eigenvalue weighted by atomic mass is 9.65. The van der Waals surface area contributed by atoms with Gasteiger partial charge < -0.3 is 11.5 Å². The molecule has 4 N–H and O–H groups in total. The van der Waals surface area contributed by atoms with Gasteiger partial charge in [0, 0.05) is 19.0 Å². The Labute approximate surface area is 101 Å². The fourth-order valence-corrected chi connectivity index (χ4v) is 2.44. The van der Waals surface area contributed by atoms with Crippen molar-refractivity contribution in [1.29, 1.82) is 0 Å². The van der Waals surface area contributed by atoms with Gasteiger partial charge in [-0.3, -0.25) is 4.79 Å². The highest BCUT2D eigenvalue weighted by Crippen LogP contribution is 2.43. The van der Waals surface area contributed by atoms with Crippen molar-refractivity contribution >= 4 is 11.6 Å². The molecule has 0 unspecified atom stereocenters. The van der Waals surface area contributed by atoms with Crippen molar-refractivity contribution in [2.24, 2.45) is 11.1 Å². The van der Waals surface area contributed by atoms with E-state index in [1.165, 1.54) is 6.42 Å². The minimum atomic E-state index is 0.0929. The highest BCUT2D eigenvalue weighted by atomic mass is 16.1. The van der Waals surface area contributed by atoms with E-state index in [0.717, 1.165) is 18.4 Å². The van der Waals surface area contributed by atoms with Crippen molar-refractivity contribution in [3.05, 3.63) is 23.9 Å². The Morgan fingerprint density at radius 2 is 2.24 bits per heavy atom. The Morgan fingerprint density at radius 3 is 2.76 bits per heavy atom. The molecule has 1 fully saturated rings. The van der Waals surface area contributed by atoms with Gasteiger partial charge in [0.25, 0.3) is 0 Å². The number of anilines is 1. The summed E-state index contributed by atoms with van der Waals surface area (Å²) in [6.07, 6.45) is 6.06. The van der Waals surface area contributed by atoms with Crippen LogP contribution in [0.3, 0.4) is 0 Å². The van der Waals surface area contributed by atoms with Crippen LogP contribution in [-0.4, -0.2) is 17.3 Å². The highest BCUT2D eigenvalue weighted by Gasteiger charge is 2.37. The molecule has 0 amide bonds. The molecule has 0 spiro atoms. The normalized spacial score (nSPS) is 17.5. The Morgan fingerprint density at radius 1 is 1.47 bits per heavy atom. The molecule has 1 aromatic rings. The van der Waals surface area contributed by atoms with E-state index in [0.29, 0.717) is 25.2 Å². The van der Waals surface area contributed by atoms with Crippen LogP contribution >= 0.6 is 0 Å². The summed E-state index contributed by atoms with van der Waals surface area (Å²) in [7, 11) is 0. The fraction of sp³-hybridized carbons (Fsp3) is 0.538. The minimum absolute atomic E-state index is 0.0929. The van der Waals surface area contributed by atoms with Gasteiger partial charge in [-0.1, -0.05) is 6.42 Å². The molecule has 0 aromatic carbocycles. The molecule has 4 nitrogen and oxygen atoms in total. The Balaban J connectivity index is 1.93. The van der Waals surface area contributed by atoms with Gasteiger partial charge >= 0.3 is 0 Å². The van der Waals surface area contributed by atoms with Crippen LogP contribution in [-0.2, 0) is 11.2 Å². The van der Waals surface area contributed by atoms with Crippen LogP contribution in [0.15, 0.2) is 18.3 Å². The quantitative estimate of drug-likeness (QED) is 0.803. The first-order chi connectivity index (χ1) is 8.13. The van der Waals surface area contributed by atoms with Crippen LogP contribution in [0.25, 0.3) is 0 Å². The molecule has 1 aliphatic carbocycles. The van der Waals surface area contributed by atoms with Gasteiger partial charge in [0.05, 0.1) is 0 Å². The molecule has 4 heteroatoms. The molecule has 92 valence electrons. The Kier molecular flexibility index (Phi) is 3.43. The molecule has 0 aliphatic heterocycles. The smallest absolute Gasteiger partial charge is 0.137 e. The number of ketones is 1. The standard InChI is InChI=1S/C13H19N3O/c14-9-13(3-1-4-13)8-11(17)6-10-2-5-16-12(15)7-10/h2,5,7H,1,3-4,6,8-9,14H2,(H2,15,16). The molecule has 1 aromatic heterocycles. The number of nitrogens with two attached hydrogens (primary N) is 2. The van der Waals surface area contributed by atoms with E-state index in [9.17, 15) is 4.79 Å². The van der Waals surface area contributed by atoms with Crippen molar-refractivity contribution < 1.29 is 4.79 Å². The number of rotatable bonds is 5. The Bertz CT molecular complexity index is 407. The zero-order valence-corrected chi connectivity index (χ0v) is 9.98. The summed E-state index contributed by atoms with van der Waals surface area (Å²) >= 11 is 0. The maximum absolute atomic E-state index is 12.0. The summed E-state index contributed by atoms with van der Waals surface area (Å²) in [6.45, 7) is 0.622. The molecule has 1 heterocycles.